The van der Waals surface area contributed by atoms with E-state index >= 15 is 0 Å². The van der Waals surface area contributed by atoms with Gasteiger partial charge in [-0.15, -0.1) is 0 Å². The lowest BCUT2D eigenvalue weighted by Crippen LogP contribution is -2.38. The quantitative estimate of drug-likeness (QED) is 0.614. The van der Waals surface area contributed by atoms with Crippen molar-refractivity contribution in [2.75, 3.05) is 33.4 Å². The van der Waals surface area contributed by atoms with Gasteiger partial charge in [-0.3, -0.25) is 19.4 Å². The lowest BCUT2D eigenvalue weighted by Gasteiger charge is -2.30. The highest BCUT2D eigenvalue weighted by Crippen LogP contribution is 2.23. The van der Waals surface area contributed by atoms with Gasteiger partial charge in [-0.25, -0.2) is 0 Å². The first-order valence-electron chi connectivity index (χ1n) is 10.1. The summed E-state index contributed by atoms with van der Waals surface area (Å²) >= 11 is 0. The number of pyridine rings is 2. The van der Waals surface area contributed by atoms with Crippen molar-refractivity contribution in [1.29, 1.82) is 0 Å². The lowest BCUT2D eigenvalue weighted by atomic mass is 9.90. The van der Waals surface area contributed by atoms with Crippen molar-refractivity contribution < 1.29 is 9.53 Å². The van der Waals surface area contributed by atoms with Gasteiger partial charge in [0.1, 0.15) is 5.78 Å². The number of likely N-dealkylation sites (tertiary alicyclic amines) is 1. The van der Waals surface area contributed by atoms with Gasteiger partial charge in [-0.1, -0.05) is 0 Å². The molecular weight excluding hydrogens is 366 g/mol. The fourth-order valence-electron chi connectivity index (χ4n) is 3.91. The third-order valence-corrected chi connectivity index (χ3v) is 5.67. The second kappa shape index (κ2) is 8.80. The van der Waals surface area contributed by atoms with E-state index in [0.717, 1.165) is 66.8 Å². The van der Waals surface area contributed by atoms with Crippen LogP contribution in [-0.2, 0) is 23.0 Å². The SMILES string of the molecule is COCCN1CCC(C(=O)Cc2cc3cc(-c4cnn(C)c4)ncc3cn2)CC1. The highest BCUT2D eigenvalue weighted by atomic mass is 16.5. The van der Waals surface area contributed by atoms with Crippen LogP contribution in [0.2, 0.25) is 0 Å². The van der Waals surface area contributed by atoms with Crippen LogP contribution < -0.4 is 0 Å². The number of Topliss-reactive ketones (excluding diaryl/α,β-unsaturated/α-hetero) is 1. The van der Waals surface area contributed by atoms with Crippen LogP contribution in [0.1, 0.15) is 18.5 Å². The Morgan fingerprint density at radius 2 is 1.93 bits per heavy atom. The Balaban J connectivity index is 1.43. The summed E-state index contributed by atoms with van der Waals surface area (Å²) in [6.45, 7) is 3.61. The number of ketones is 1. The second-order valence-corrected chi connectivity index (χ2v) is 7.75. The zero-order chi connectivity index (χ0) is 20.2. The first kappa shape index (κ1) is 19.7. The minimum Gasteiger partial charge on any atom is -0.383 e. The molecule has 0 bridgehead atoms. The molecule has 0 N–H and O–H groups in total. The number of ether oxygens (including phenoxy) is 1. The lowest BCUT2D eigenvalue weighted by molar-refractivity contribution is -0.123. The molecule has 7 nitrogen and oxygen atoms in total. The molecule has 1 fully saturated rings. The molecule has 0 unspecified atom stereocenters. The number of methoxy groups -OCH3 is 1. The summed E-state index contributed by atoms with van der Waals surface area (Å²) in [6.07, 6.45) is 9.62. The number of hydrogen-bond acceptors (Lipinski definition) is 6. The van der Waals surface area contributed by atoms with E-state index < -0.39 is 0 Å². The second-order valence-electron chi connectivity index (χ2n) is 7.75. The Bertz CT molecular complexity index is 992. The van der Waals surface area contributed by atoms with Crippen LogP contribution in [0.4, 0.5) is 0 Å². The molecule has 29 heavy (non-hydrogen) atoms. The average molecular weight is 393 g/mol. The molecule has 4 heterocycles. The molecule has 4 rings (SSSR count). The Morgan fingerprint density at radius 3 is 2.66 bits per heavy atom. The third-order valence-electron chi connectivity index (χ3n) is 5.67. The number of nitrogens with zero attached hydrogens (tertiary/aromatic N) is 5. The van der Waals surface area contributed by atoms with Crippen molar-refractivity contribution in [2.24, 2.45) is 13.0 Å². The van der Waals surface area contributed by atoms with Gasteiger partial charge in [-0.2, -0.15) is 5.10 Å². The minimum absolute atomic E-state index is 0.134. The molecule has 1 saturated heterocycles. The molecule has 0 aromatic carbocycles. The standard InChI is InChI=1S/C22H27N5O2/c1-26-15-19(14-25-26)21-10-17-9-20(23-12-18(17)13-24-21)11-22(28)16-3-5-27(6-4-16)7-8-29-2/h9-10,12-16H,3-8,11H2,1-2H3. The average Bonchev–Trinajstić information content (AvgIpc) is 3.18. The summed E-state index contributed by atoms with van der Waals surface area (Å²) in [6, 6.07) is 4.05. The highest BCUT2D eigenvalue weighted by Gasteiger charge is 2.25. The maximum Gasteiger partial charge on any atom is 0.142 e. The van der Waals surface area contributed by atoms with Crippen molar-refractivity contribution in [3.63, 3.8) is 0 Å². The zero-order valence-electron chi connectivity index (χ0n) is 17.0. The van der Waals surface area contributed by atoms with Crippen LogP contribution in [0.15, 0.2) is 36.9 Å². The van der Waals surface area contributed by atoms with Crippen LogP contribution in [0.25, 0.3) is 22.0 Å². The van der Waals surface area contributed by atoms with Crippen LogP contribution in [0.3, 0.4) is 0 Å². The Kier molecular flexibility index (Phi) is 5.97. The van der Waals surface area contributed by atoms with Gasteiger partial charge in [0.05, 0.1) is 18.5 Å². The smallest absolute Gasteiger partial charge is 0.142 e. The number of fused-ring (bicyclic) bond motifs is 1. The van der Waals surface area contributed by atoms with Gasteiger partial charge < -0.3 is 9.64 Å². The van der Waals surface area contributed by atoms with Gasteiger partial charge in [0.15, 0.2) is 0 Å². The number of hydrogen-bond donors (Lipinski definition) is 0. The van der Waals surface area contributed by atoms with Gasteiger partial charge in [0.2, 0.25) is 0 Å². The molecular formula is C22H27N5O2. The number of aryl methyl sites for hydroxylation is 1. The first-order chi connectivity index (χ1) is 14.1. The normalized spacial score (nSPS) is 15.8. The number of carbonyl (C=O) groups is 1. The van der Waals surface area contributed by atoms with Crippen molar-refractivity contribution in [3.8, 4) is 11.3 Å². The van der Waals surface area contributed by atoms with Crippen LogP contribution in [0, 0.1) is 5.92 Å². The molecule has 0 amide bonds. The molecule has 152 valence electrons. The first-order valence-corrected chi connectivity index (χ1v) is 10.1. The van der Waals surface area contributed by atoms with Gasteiger partial charge in [0, 0.05) is 68.3 Å². The van der Waals surface area contributed by atoms with E-state index in [0.29, 0.717) is 12.2 Å². The summed E-state index contributed by atoms with van der Waals surface area (Å²) in [5, 5.41) is 6.23. The van der Waals surface area contributed by atoms with E-state index in [1.165, 1.54) is 0 Å². The molecule has 3 aromatic rings. The number of piperidine rings is 1. The van der Waals surface area contributed by atoms with Gasteiger partial charge in [-0.05, 0) is 43.5 Å². The maximum absolute atomic E-state index is 12.8. The molecule has 1 aliphatic rings. The Hall–Kier alpha value is -2.64. The predicted molar refractivity (Wildman–Crippen MR) is 111 cm³/mol. The summed E-state index contributed by atoms with van der Waals surface area (Å²) in [4.78, 5) is 24.2. The van der Waals surface area contributed by atoms with Crippen LogP contribution in [0.5, 0.6) is 0 Å². The Morgan fingerprint density at radius 1 is 1.14 bits per heavy atom. The van der Waals surface area contributed by atoms with E-state index in [1.807, 2.05) is 37.8 Å². The topological polar surface area (TPSA) is 73.1 Å². The molecule has 0 aliphatic carbocycles. The molecule has 0 atom stereocenters. The fourth-order valence-corrected chi connectivity index (χ4v) is 3.91. The van der Waals surface area contributed by atoms with Crippen molar-refractivity contribution in [3.05, 3.63) is 42.6 Å². The molecule has 3 aromatic heterocycles. The van der Waals surface area contributed by atoms with Crippen LogP contribution in [-0.4, -0.2) is 63.8 Å². The van der Waals surface area contributed by atoms with E-state index in [4.69, 9.17) is 4.74 Å². The largest absolute Gasteiger partial charge is 0.383 e. The number of carbonyl (C=O) groups excluding carboxylic acids is 1. The molecule has 0 saturated carbocycles. The summed E-state index contributed by atoms with van der Waals surface area (Å²) in [7, 11) is 3.61. The van der Waals surface area contributed by atoms with E-state index in [9.17, 15) is 4.79 Å². The minimum atomic E-state index is 0.134. The van der Waals surface area contributed by atoms with Gasteiger partial charge in [0.25, 0.3) is 0 Å². The van der Waals surface area contributed by atoms with Crippen molar-refractivity contribution >= 4 is 16.6 Å². The van der Waals surface area contributed by atoms with E-state index in [2.05, 4.69) is 20.0 Å². The maximum atomic E-state index is 12.8. The van der Waals surface area contributed by atoms with E-state index in [-0.39, 0.29) is 5.92 Å². The van der Waals surface area contributed by atoms with E-state index in [1.54, 1.807) is 18.0 Å². The Labute approximate surface area is 170 Å². The third kappa shape index (κ3) is 4.68. The molecule has 0 radical (unpaired) electrons. The van der Waals surface area contributed by atoms with Crippen molar-refractivity contribution in [1.82, 2.24) is 24.6 Å². The highest BCUT2D eigenvalue weighted by molar-refractivity contribution is 5.87. The fraction of sp³-hybridized carbons (Fsp3) is 0.455. The zero-order valence-corrected chi connectivity index (χ0v) is 17.0. The number of rotatable bonds is 7. The summed E-state index contributed by atoms with van der Waals surface area (Å²) in [5.41, 5.74) is 2.68. The molecule has 0 spiro atoms. The number of aromatic nitrogens is 4. The van der Waals surface area contributed by atoms with Crippen molar-refractivity contribution in [2.45, 2.75) is 19.3 Å². The molecule has 1 aliphatic heterocycles. The van der Waals surface area contributed by atoms with Gasteiger partial charge >= 0.3 is 0 Å². The monoisotopic (exact) mass is 393 g/mol. The predicted octanol–water partition coefficient (Wildman–Crippen LogP) is 2.50. The van der Waals surface area contributed by atoms with Crippen LogP contribution >= 0.6 is 0 Å². The summed E-state index contributed by atoms with van der Waals surface area (Å²) in [5.74, 6) is 0.430. The molecule has 7 heteroatoms. The summed E-state index contributed by atoms with van der Waals surface area (Å²) < 4.78 is 6.91.